The molecule has 0 radical (unpaired) electrons. The second-order valence-corrected chi connectivity index (χ2v) is 6.19. The Morgan fingerprint density at radius 1 is 1.12 bits per heavy atom. The number of hydrogen-bond acceptors (Lipinski definition) is 6. The number of rotatable bonds is 4. The first-order valence-electron chi connectivity index (χ1n) is 7.52. The molecule has 2 N–H and O–H groups in total. The number of carbonyl (C=O) groups excluding carboxylic acids is 2. The van der Waals surface area contributed by atoms with Crippen LogP contribution in [-0.2, 0) is 4.79 Å². The Kier molecular flexibility index (Phi) is 4.67. The molecule has 7 heteroatoms. The van der Waals surface area contributed by atoms with Crippen LogP contribution in [0.5, 0.6) is 17.2 Å². The van der Waals surface area contributed by atoms with Gasteiger partial charge in [-0.1, -0.05) is 6.07 Å². The highest BCUT2D eigenvalue weighted by Gasteiger charge is 2.36. The minimum absolute atomic E-state index is 0.0104. The summed E-state index contributed by atoms with van der Waals surface area (Å²) >= 11 is 0.832. The van der Waals surface area contributed by atoms with Crippen LogP contribution < -0.4 is 9.64 Å². The monoisotopic (exact) mass is 357 g/mol. The van der Waals surface area contributed by atoms with Crippen molar-refractivity contribution in [2.75, 3.05) is 11.5 Å². The number of carbonyl (C=O) groups is 2. The lowest BCUT2D eigenvalue weighted by Crippen LogP contribution is -2.27. The molecule has 0 bridgehead atoms. The van der Waals surface area contributed by atoms with Crippen LogP contribution in [0.25, 0.3) is 6.08 Å². The maximum absolute atomic E-state index is 12.6. The molecule has 1 aliphatic rings. The van der Waals surface area contributed by atoms with Crippen molar-refractivity contribution >= 4 is 34.7 Å². The first-order chi connectivity index (χ1) is 12.0. The summed E-state index contributed by atoms with van der Waals surface area (Å²) < 4.78 is 5.32. The van der Waals surface area contributed by atoms with Gasteiger partial charge in [0.15, 0.2) is 11.5 Å². The Balaban J connectivity index is 1.90. The average molecular weight is 357 g/mol. The van der Waals surface area contributed by atoms with Crippen molar-refractivity contribution in [2.45, 2.75) is 6.92 Å². The lowest BCUT2D eigenvalue weighted by molar-refractivity contribution is -0.113. The van der Waals surface area contributed by atoms with Crippen LogP contribution in [0.4, 0.5) is 10.5 Å². The molecule has 0 aromatic heterocycles. The lowest BCUT2D eigenvalue weighted by atomic mass is 10.2. The van der Waals surface area contributed by atoms with Gasteiger partial charge in [-0.3, -0.25) is 9.59 Å². The number of phenolic OH excluding ortho intramolecular Hbond substituents is 2. The number of ether oxygens (including phenoxy) is 1. The van der Waals surface area contributed by atoms with Gasteiger partial charge in [-0.05, 0) is 66.7 Å². The number of imide groups is 1. The first kappa shape index (κ1) is 16.9. The standard InChI is InChI=1S/C18H15NO5S/c1-2-24-15-9-11(3-8-14(15)21)10-16-17(22)19(18(23)25-16)12-4-6-13(20)7-5-12/h3-10,20-21H,2H2,1H3/b16-10+. The molecule has 3 rings (SSSR count). The molecule has 0 aliphatic carbocycles. The number of nitrogens with zero attached hydrogens (tertiary/aromatic N) is 1. The van der Waals surface area contributed by atoms with Gasteiger partial charge >= 0.3 is 0 Å². The maximum atomic E-state index is 12.6. The van der Waals surface area contributed by atoms with E-state index in [1.807, 2.05) is 0 Å². The third-order valence-corrected chi connectivity index (χ3v) is 4.35. The lowest BCUT2D eigenvalue weighted by Gasteiger charge is -2.12. The van der Waals surface area contributed by atoms with Crippen LogP contribution in [-0.4, -0.2) is 28.0 Å². The molecule has 0 unspecified atom stereocenters. The molecule has 25 heavy (non-hydrogen) atoms. The number of aromatic hydroxyl groups is 2. The molecule has 2 amide bonds. The van der Waals surface area contributed by atoms with Crippen molar-refractivity contribution < 1.29 is 24.5 Å². The highest BCUT2D eigenvalue weighted by atomic mass is 32.2. The Morgan fingerprint density at radius 3 is 2.52 bits per heavy atom. The third kappa shape index (κ3) is 3.46. The molecule has 6 nitrogen and oxygen atoms in total. The zero-order valence-corrected chi connectivity index (χ0v) is 14.1. The van der Waals surface area contributed by atoms with E-state index in [-0.39, 0.29) is 16.4 Å². The van der Waals surface area contributed by atoms with Crippen LogP contribution in [0.3, 0.4) is 0 Å². The minimum atomic E-state index is -0.438. The van der Waals surface area contributed by atoms with Crippen molar-refractivity contribution in [3.63, 3.8) is 0 Å². The predicted molar refractivity (Wildman–Crippen MR) is 95.8 cm³/mol. The molecular formula is C18H15NO5S. The molecule has 1 saturated heterocycles. The van der Waals surface area contributed by atoms with Crippen molar-refractivity contribution in [1.82, 2.24) is 0 Å². The van der Waals surface area contributed by atoms with Crippen molar-refractivity contribution in [3.05, 3.63) is 52.9 Å². The van der Waals surface area contributed by atoms with Gasteiger partial charge in [0.05, 0.1) is 17.2 Å². The summed E-state index contributed by atoms with van der Waals surface area (Å²) in [6, 6.07) is 10.5. The van der Waals surface area contributed by atoms with Crippen LogP contribution in [0.1, 0.15) is 12.5 Å². The first-order valence-corrected chi connectivity index (χ1v) is 8.34. The topological polar surface area (TPSA) is 87.1 Å². The molecule has 1 fully saturated rings. The van der Waals surface area contributed by atoms with Gasteiger partial charge in [0.1, 0.15) is 5.75 Å². The Morgan fingerprint density at radius 2 is 1.84 bits per heavy atom. The largest absolute Gasteiger partial charge is 0.508 e. The summed E-state index contributed by atoms with van der Waals surface area (Å²) in [6.45, 7) is 2.20. The van der Waals surface area contributed by atoms with E-state index in [1.165, 1.54) is 30.3 Å². The van der Waals surface area contributed by atoms with Gasteiger partial charge in [-0.2, -0.15) is 0 Å². The summed E-state index contributed by atoms with van der Waals surface area (Å²) in [5, 5.41) is 18.7. The van der Waals surface area contributed by atoms with Gasteiger partial charge in [-0.25, -0.2) is 4.90 Å². The maximum Gasteiger partial charge on any atom is 0.298 e. The highest BCUT2D eigenvalue weighted by molar-refractivity contribution is 8.19. The quantitative estimate of drug-likeness (QED) is 0.811. The molecular weight excluding hydrogens is 342 g/mol. The van der Waals surface area contributed by atoms with Crippen molar-refractivity contribution in [3.8, 4) is 17.2 Å². The zero-order valence-electron chi connectivity index (χ0n) is 13.3. The Hall–Kier alpha value is -2.93. The summed E-state index contributed by atoms with van der Waals surface area (Å²) in [5.74, 6) is -0.0595. The summed E-state index contributed by atoms with van der Waals surface area (Å²) in [6.07, 6.45) is 1.58. The van der Waals surface area contributed by atoms with Crippen LogP contribution in [0, 0.1) is 0 Å². The van der Waals surface area contributed by atoms with E-state index >= 15 is 0 Å². The van der Waals surface area contributed by atoms with E-state index in [0.717, 1.165) is 16.7 Å². The summed E-state index contributed by atoms with van der Waals surface area (Å²) in [5.41, 5.74) is 1.03. The zero-order chi connectivity index (χ0) is 18.0. The number of anilines is 1. The highest BCUT2D eigenvalue weighted by Crippen LogP contribution is 2.37. The second-order valence-electron chi connectivity index (χ2n) is 5.19. The molecule has 0 atom stereocenters. The predicted octanol–water partition coefficient (Wildman–Crippen LogP) is 3.74. The third-order valence-electron chi connectivity index (χ3n) is 3.48. The van der Waals surface area contributed by atoms with E-state index in [4.69, 9.17) is 4.74 Å². The van der Waals surface area contributed by atoms with Gasteiger partial charge < -0.3 is 14.9 Å². The number of amides is 2. The van der Waals surface area contributed by atoms with E-state index in [1.54, 1.807) is 25.1 Å². The number of phenols is 2. The summed E-state index contributed by atoms with van der Waals surface area (Å²) in [7, 11) is 0. The molecule has 2 aromatic carbocycles. The van der Waals surface area contributed by atoms with E-state index < -0.39 is 11.1 Å². The van der Waals surface area contributed by atoms with Gasteiger partial charge in [-0.15, -0.1) is 0 Å². The van der Waals surface area contributed by atoms with Crippen molar-refractivity contribution in [1.29, 1.82) is 0 Å². The van der Waals surface area contributed by atoms with Gasteiger partial charge in [0.25, 0.3) is 11.1 Å². The van der Waals surface area contributed by atoms with Crippen LogP contribution >= 0.6 is 11.8 Å². The van der Waals surface area contributed by atoms with Gasteiger partial charge in [0.2, 0.25) is 0 Å². The smallest absolute Gasteiger partial charge is 0.298 e. The van der Waals surface area contributed by atoms with Crippen LogP contribution in [0.2, 0.25) is 0 Å². The average Bonchev–Trinajstić information content (AvgIpc) is 2.86. The molecule has 128 valence electrons. The van der Waals surface area contributed by atoms with E-state index in [9.17, 15) is 19.8 Å². The van der Waals surface area contributed by atoms with E-state index in [0.29, 0.717) is 23.6 Å². The SMILES string of the molecule is CCOc1cc(/C=C2/SC(=O)N(c3ccc(O)cc3)C2=O)ccc1O. The fourth-order valence-corrected chi connectivity index (χ4v) is 3.18. The molecule has 1 aliphatic heterocycles. The van der Waals surface area contributed by atoms with E-state index in [2.05, 4.69) is 0 Å². The fourth-order valence-electron chi connectivity index (χ4n) is 2.34. The fraction of sp³-hybridized carbons (Fsp3) is 0.111. The molecule has 0 spiro atoms. The minimum Gasteiger partial charge on any atom is -0.508 e. The number of thioether (sulfide) groups is 1. The number of hydrogen-bond donors (Lipinski definition) is 2. The van der Waals surface area contributed by atoms with Crippen LogP contribution in [0.15, 0.2) is 47.4 Å². The van der Waals surface area contributed by atoms with Crippen molar-refractivity contribution in [2.24, 2.45) is 0 Å². The normalized spacial score (nSPS) is 15.9. The second kappa shape index (κ2) is 6.90. The van der Waals surface area contributed by atoms with Gasteiger partial charge in [0, 0.05) is 0 Å². The molecule has 0 saturated carbocycles. The molecule has 1 heterocycles. The Bertz CT molecular complexity index is 860. The summed E-state index contributed by atoms with van der Waals surface area (Å²) in [4.78, 5) is 26.1. The molecule has 2 aromatic rings. The number of benzene rings is 2. The Labute approximate surface area is 148 Å².